The summed E-state index contributed by atoms with van der Waals surface area (Å²) in [6, 6.07) is 3.96. The number of thiophene rings is 1. The van der Waals surface area contributed by atoms with Crippen LogP contribution in [-0.2, 0) is 6.54 Å². The Hall–Kier alpha value is -2.06. The molecule has 0 saturated heterocycles. The Kier molecular flexibility index (Phi) is 4.53. The van der Waals surface area contributed by atoms with Gasteiger partial charge in [0.05, 0.1) is 11.4 Å². The Morgan fingerprint density at radius 1 is 1.35 bits per heavy atom. The third kappa shape index (κ3) is 3.48. The van der Waals surface area contributed by atoms with E-state index in [1.165, 1.54) is 11.3 Å². The van der Waals surface area contributed by atoms with E-state index < -0.39 is 0 Å². The van der Waals surface area contributed by atoms with Crippen LogP contribution >= 0.6 is 22.7 Å². The van der Waals surface area contributed by atoms with Crippen molar-refractivity contribution in [2.24, 2.45) is 0 Å². The summed E-state index contributed by atoms with van der Waals surface area (Å²) in [6.07, 6.45) is 0. The molecule has 23 heavy (non-hydrogen) atoms. The highest BCUT2D eigenvalue weighted by Gasteiger charge is 2.19. The van der Waals surface area contributed by atoms with Crippen molar-refractivity contribution in [3.05, 3.63) is 40.3 Å². The summed E-state index contributed by atoms with van der Waals surface area (Å²) in [4.78, 5) is 23.8. The number of rotatable bonds is 5. The number of hydrogen-bond donors (Lipinski definition) is 0. The maximum atomic E-state index is 12.5. The van der Waals surface area contributed by atoms with E-state index in [4.69, 9.17) is 4.52 Å². The molecule has 6 nitrogen and oxygen atoms in total. The second kappa shape index (κ2) is 6.59. The molecule has 0 saturated carbocycles. The van der Waals surface area contributed by atoms with Crippen molar-refractivity contribution in [1.82, 2.24) is 20.0 Å². The average molecular weight is 348 g/mol. The van der Waals surface area contributed by atoms with Gasteiger partial charge in [0.15, 0.2) is 5.82 Å². The number of carbonyl (C=O) groups is 1. The molecular formula is C15H16N4O2S2. The fourth-order valence-electron chi connectivity index (χ4n) is 1.93. The summed E-state index contributed by atoms with van der Waals surface area (Å²) < 4.78 is 5.15. The Morgan fingerprint density at radius 3 is 2.83 bits per heavy atom. The molecular weight excluding hydrogens is 332 g/mol. The van der Waals surface area contributed by atoms with Crippen LogP contribution in [0.5, 0.6) is 0 Å². The SMILES string of the molecule is CC(C)c1nc(CN(C)C(=O)c2csc(-c3cccs3)n2)no1. The van der Waals surface area contributed by atoms with Gasteiger partial charge in [-0.2, -0.15) is 4.98 Å². The van der Waals surface area contributed by atoms with Crippen LogP contribution in [0.2, 0.25) is 0 Å². The minimum absolute atomic E-state index is 0.153. The van der Waals surface area contributed by atoms with E-state index >= 15 is 0 Å². The van der Waals surface area contributed by atoms with E-state index in [9.17, 15) is 4.79 Å². The Bertz CT molecular complexity index is 792. The molecule has 0 atom stereocenters. The van der Waals surface area contributed by atoms with Crippen LogP contribution in [-0.4, -0.2) is 33.0 Å². The van der Waals surface area contributed by atoms with Gasteiger partial charge >= 0.3 is 0 Å². The van der Waals surface area contributed by atoms with Gasteiger partial charge in [0.25, 0.3) is 5.91 Å². The van der Waals surface area contributed by atoms with Crippen LogP contribution in [0, 0.1) is 0 Å². The second-order valence-corrected chi connectivity index (χ2v) is 7.19. The quantitative estimate of drug-likeness (QED) is 0.704. The van der Waals surface area contributed by atoms with E-state index in [2.05, 4.69) is 15.1 Å². The Labute approximate surface area is 141 Å². The molecule has 0 unspecified atom stereocenters. The Morgan fingerprint density at radius 2 is 2.17 bits per heavy atom. The number of amides is 1. The summed E-state index contributed by atoms with van der Waals surface area (Å²) in [5, 5.41) is 8.54. The van der Waals surface area contributed by atoms with Gasteiger partial charge in [-0.3, -0.25) is 4.79 Å². The lowest BCUT2D eigenvalue weighted by Gasteiger charge is -2.12. The van der Waals surface area contributed by atoms with E-state index in [0.717, 1.165) is 9.88 Å². The van der Waals surface area contributed by atoms with Gasteiger partial charge in [-0.15, -0.1) is 22.7 Å². The summed E-state index contributed by atoms with van der Waals surface area (Å²) in [7, 11) is 1.71. The molecule has 0 spiro atoms. The zero-order valence-corrected chi connectivity index (χ0v) is 14.6. The summed E-state index contributed by atoms with van der Waals surface area (Å²) in [6.45, 7) is 4.25. The van der Waals surface area contributed by atoms with Crippen molar-refractivity contribution >= 4 is 28.6 Å². The van der Waals surface area contributed by atoms with Gasteiger partial charge in [-0.25, -0.2) is 4.98 Å². The minimum atomic E-state index is -0.153. The zero-order valence-electron chi connectivity index (χ0n) is 13.0. The van der Waals surface area contributed by atoms with E-state index in [1.807, 2.05) is 31.4 Å². The second-order valence-electron chi connectivity index (χ2n) is 5.38. The lowest BCUT2D eigenvalue weighted by atomic mass is 10.2. The number of aromatic nitrogens is 3. The van der Waals surface area contributed by atoms with Gasteiger partial charge in [0.1, 0.15) is 10.7 Å². The fourth-order valence-corrected chi connectivity index (χ4v) is 3.54. The maximum absolute atomic E-state index is 12.5. The maximum Gasteiger partial charge on any atom is 0.273 e. The molecule has 3 rings (SSSR count). The number of nitrogens with zero attached hydrogens (tertiary/aromatic N) is 4. The van der Waals surface area contributed by atoms with Crippen LogP contribution in [0.1, 0.15) is 42.0 Å². The number of thiazole rings is 1. The van der Waals surface area contributed by atoms with Crippen molar-refractivity contribution in [2.75, 3.05) is 7.05 Å². The molecule has 0 aromatic carbocycles. The summed E-state index contributed by atoms with van der Waals surface area (Å²) >= 11 is 3.08. The van der Waals surface area contributed by atoms with E-state index in [-0.39, 0.29) is 11.8 Å². The van der Waals surface area contributed by atoms with Crippen molar-refractivity contribution in [2.45, 2.75) is 26.3 Å². The molecule has 0 aliphatic rings. The van der Waals surface area contributed by atoms with Gasteiger partial charge in [0.2, 0.25) is 5.89 Å². The van der Waals surface area contributed by atoms with Crippen molar-refractivity contribution < 1.29 is 9.32 Å². The van der Waals surface area contributed by atoms with Crippen LogP contribution in [0.25, 0.3) is 9.88 Å². The highest BCUT2D eigenvalue weighted by molar-refractivity contribution is 7.20. The van der Waals surface area contributed by atoms with Crippen LogP contribution in [0.4, 0.5) is 0 Å². The van der Waals surface area contributed by atoms with Crippen molar-refractivity contribution in [3.8, 4) is 9.88 Å². The minimum Gasteiger partial charge on any atom is -0.339 e. The predicted octanol–water partition coefficient (Wildman–Crippen LogP) is 3.65. The summed E-state index contributed by atoms with van der Waals surface area (Å²) in [5.74, 6) is 1.09. The molecule has 0 bridgehead atoms. The number of carbonyl (C=O) groups excluding carboxylic acids is 1. The lowest BCUT2D eigenvalue weighted by molar-refractivity contribution is 0.0775. The molecule has 0 aliphatic heterocycles. The van der Waals surface area contributed by atoms with Crippen molar-refractivity contribution in [3.63, 3.8) is 0 Å². The molecule has 0 radical (unpaired) electrons. The Balaban J connectivity index is 1.69. The first-order chi connectivity index (χ1) is 11.0. The fraction of sp³-hybridized carbons (Fsp3) is 0.333. The normalized spacial score (nSPS) is 11.1. The largest absolute Gasteiger partial charge is 0.339 e. The molecule has 0 fully saturated rings. The predicted molar refractivity (Wildman–Crippen MR) is 89.6 cm³/mol. The molecule has 0 aliphatic carbocycles. The first kappa shape index (κ1) is 15.8. The van der Waals surface area contributed by atoms with E-state index in [1.54, 1.807) is 28.7 Å². The van der Waals surface area contributed by atoms with Crippen LogP contribution in [0.15, 0.2) is 27.4 Å². The summed E-state index contributed by atoms with van der Waals surface area (Å²) in [5.41, 5.74) is 0.438. The van der Waals surface area contributed by atoms with Crippen molar-refractivity contribution in [1.29, 1.82) is 0 Å². The van der Waals surface area contributed by atoms with E-state index in [0.29, 0.717) is 24.0 Å². The first-order valence-corrected chi connectivity index (χ1v) is 8.88. The number of hydrogen-bond acceptors (Lipinski definition) is 7. The molecule has 8 heteroatoms. The van der Waals surface area contributed by atoms with Gasteiger partial charge in [-0.1, -0.05) is 25.1 Å². The molecule has 3 aromatic rings. The third-order valence-corrected chi connectivity index (χ3v) is 5.04. The zero-order chi connectivity index (χ0) is 16.4. The van der Waals surface area contributed by atoms with Gasteiger partial charge in [-0.05, 0) is 11.4 Å². The molecule has 1 amide bonds. The van der Waals surface area contributed by atoms with Crippen LogP contribution < -0.4 is 0 Å². The molecule has 3 heterocycles. The topological polar surface area (TPSA) is 72.1 Å². The first-order valence-electron chi connectivity index (χ1n) is 7.12. The lowest BCUT2D eigenvalue weighted by Crippen LogP contribution is -2.27. The standard InChI is InChI=1S/C15H16N4O2S2/c1-9(2)13-17-12(18-21-13)7-19(3)15(20)10-8-23-14(16-10)11-5-4-6-22-11/h4-6,8-9H,7H2,1-3H3. The smallest absolute Gasteiger partial charge is 0.273 e. The van der Waals surface area contributed by atoms with Gasteiger partial charge in [0, 0.05) is 18.3 Å². The average Bonchev–Trinajstić information content (AvgIpc) is 3.26. The molecule has 3 aromatic heterocycles. The molecule has 120 valence electrons. The highest BCUT2D eigenvalue weighted by atomic mass is 32.1. The monoisotopic (exact) mass is 348 g/mol. The van der Waals surface area contributed by atoms with Gasteiger partial charge < -0.3 is 9.42 Å². The molecule has 0 N–H and O–H groups in total. The third-order valence-electron chi connectivity index (χ3n) is 3.16. The van der Waals surface area contributed by atoms with Crippen LogP contribution in [0.3, 0.4) is 0 Å². The highest BCUT2D eigenvalue weighted by Crippen LogP contribution is 2.28.